The average molecular weight is 824 g/mol. The monoisotopic (exact) mass is 823 g/mol. The number of amides is 4. The second kappa shape index (κ2) is 15.7. The van der Waals surface area contributed by atoms with Gasteiger partial charge in [-0.15, -0.1) is 0 Å². The number of hydrogen-bond acceptors (Lipinski definition) is 12. The van der Waals surface area contributed by atoms with E-state index in [4.69, 9.17) is 34.7 Å². The Morgan fingerprint density at radius 1 is 1.07 bits per heavy atom. The van der Waals surface area contributed by atoms with E-state index in [2.05, 4.69) is 15.6 Å². The number of benzene rings is 1. The van der Waals surface area contributed by atoms with Crippen molar-refractivity contribution in [2.75, 3.05) is 20.3 Å². The lowest BCUT2D eigenvalue weighted by Crippen LogP contribution is -2.60. The van der Waals surface area contributed by atoms with Crippen molar-refractivity contribution < 1.29 is 50.7 Å². The molecule has 0 spiro atoms. The fourth-order valence-corrected chi connectivity index (χ4v) is 8.25. The lowest BCUT2D eigenvalue weighted by atomic mass is 9.85. The van der Waals surface area contributed by atoms with Gasteiger partial charge in [0.2, 0.25) is 17.7 Å². The highest BCUT2D eigenvalue weighted by Gasteiger charge is 2.62. The van der Waals surface area contributed by atoms with Gasteiger partial charge in [0.25, 0.3) is 5.91 Å². The number of carbonyl (C=O) groups excluding carboxylic acids is 4. The van der Waals surface area contributed by atoms with E-state index in [0.29, 0.717) is 48.3 Å². The van der Waals surface area contributed by atoms with Crippen molar-refractivity contribution in [2.24, 2.45) is 11.3 Å². The summed E-state index contributed by atoms with van der Waals surface area (Å²) in [4.78, 5) is 61.6. The van der Waals surface area contributed by atoms with Crippen LogP contribution >= 0.6 is 11.6 Å². The molecule has 56 heavy (non-hydrogen) atoms. The van der Waals surface area contributed by atoms with E-state index in [0.717, 1.165) is 0 Å². The van der Waals surface area contributed by atoms with Gasteiger partial charge in [-0.3, -0.25) is 14.4 Å². The highest BCUT2D eigenvalue weighted by atomic mass is 35.5. The SMILES string of the molecule is CCOc1cc(O[C@@H]2C[C@@H](C(=O)N[C@]3(C(=O)NS(=O)(=O)OC4(C)CC4)C[C@H]3CC)N(C(=O)[C@@H](NC(=O)OC(C)(C)C)C(C)(C)C)C2)c2ccc(OC)c(Cl)c2n1. The molecule has 1 aliphatic heterocycles. The second-order valence-electron chi connectivity index (χ2n) is 17.0. The number of nitrogens with zero attached hydrogens (tertiary/aromatic N) is 2. The Bertz CT molecular complexity index is 1980. The van der Waals surface area contributed by atoms with Crippen LogP contribution in [0.1, 0.15) is 94.4 Å². The zero-order chi connectivity index (χ0) is 41.6. The topological polar surface area (TPSA) is 201 Å². The molecule has 16 nitrogen and oxygen atoms in total. The van der Waals surface area contributed by atoms with Crippen LogP contribution in [0.3, 0.4) is 0 Å². The number of aromatic nitrogens is 1. The third-order valence-electron chi connectivity index (χ3n) is 10.1. The summed E-state index contributed by atoms with van der Waals surface area (Å²) in [7, 11) is -3.00. The fourth-order valence-electron chi connectivity index (χ4n) is 6.82. The Hall–Kier alpha value is -4.09. The molecule has 2 saturated carbocycles. The average Bonchev–Trinajstić information content (AvgIpc) is 3.94. The van der Waals surface area contributed by atoms with Gasteiger partial charge >= 0.3 is 16.4 Å². The molecular formula is C38H54ClN5O11S. The van der Waals surface area contributed by atoms with Crippen LogP contribution in [0.25, 0.3) is 10.9 Å². The summed E-state index contributed by atoms with van der Waals surface area (Å²) in [6, 6.07) is 2.62. The molecule has 1 aromatic carbocycles. The number of methoxy groups -OCH3 is 1. The molecule has 3 aliphatic rings. The summed E-state index contributed by atoms with van der Waals surface area (Å²) in [6.45, 7) is 15.8. The van der Waals surface area contributed by atoms with Crippen LogP contribution in [0, 0.1) is 11.3 Å². The Morgan fingerprint density at radius 3 is 2.30 bits per heavy atom. The van der Waals surface area contributed by atoms with Gasteiger partial charge in [-0.05, 0) is 77.3 Å². The summed E-state index contributed by atoms with van der Waals surface area (Å²) in [6.07, 6.45) is 0.0371. The van der Waals surface area contributed by atoms with Crippen molar-refractivity contribution in [1.29, 1.82) is 0 Å². The van der Waals surface area contributed by atoms with Gasteiger partial charge < -0.3 is 34.5 Å². The number of carbonyl (C=O) groups is 4. The molecule has 5 rings (SSSR count). The van der Waals surface area contributed by atoms with Gasteiger partial charge in [-0.25, -0.2) is 18.7 Å². The fraction of sp³-hybridized carbons (Fsp3) is 0.658. The van der Waals surface area contributed by atoms with Crippen LogP contribution in [0.5, 0.6) is 17.4 Å². The molecule has 2 aliphatic carbocycles. The van der Waals surface area contributed by atoms with Gasteiger partial charge in [0, 0.05) is 17.9 Å². The van der Waals surface area contributed by atoms with Crippen LogP contribution in [0.15, 0.2) is 18.2 Å². The molecule has 0 radical (unpaired) electrons. The molecule has 18 heteroatoms. The predicted octanol–water partition coefficient (Wildman–Crippen LogP) is 4.80. The van der Waals surface area contributed by atoms with Crippen molar-refractivity contribution in [3.8, 4) is 17.4 Å². The summed E-state index contributed by atoms with van der Waals surface area (Å²) in [5.41, 5.74) is -3.80. The zero-order valence-corrected chi connectivity index (χ0v) is 35.2. The first-order valence-electron chi connectivity index (χ1n) is 18.8. The molecule has 5 atom stereocenters. The molecule has 0 bridgehead atoms. The summed E-state index contributed by atoms with van der Waals surface area (Å²) < 4.78 is 56.0. The first kappa shape index (κ1) is 43.0. The molecule has 2 aromatic rings. The maximum absolute atomic E-state index is 14.6. The minimum atomic E-state index is -4.48. The van der Waals surface area contributed by atoms with Crippen LogP contribution in [0.2, 0.25) is 5.02 Å². The normalized spacial score (nSPS) is 23.5. The third-order valence-corrected chi connectivity index (χ3v) is 11.5. The van der Waals surface area contributed by atoms with E-state index in [1.165, 1.54) is 12.0 Å². The van der Waals surface area contributed by atoms with E-state index in [9.17, 15) is 27.6 Å². The number of hydrogen-bond donors (Lipinski definition) is 3. The largest absolute Gasteiger partial charge is 0.495 e. The van der Waals surface area contributed by atoms with E-state index in [-0.39, 0.29) is 36.2 Å². The number of halogens is 1. The number of nitrogens with one attached hydrogen (secondary N) is 3. The van der Waals surface area contributed by atoms with Crippen molar-refractivity contribution >= 4 is 56.6 Å². The second-order valence-corrected chi connectivity index (χ2v) is 18.6. The number of likely N-dealkylation sites (tertiary alicyclic amines) is 1. The van der Waals surface area contributed by atoms with Crippen LogP contribution in [0.4, 0.5) is 4.79 Å². The number of ether oxygens (including phenoxy) is 4. The lowest BCUT2D eigenvalue weighted by molar-refractivity contribution is -0.143. The standard InChI is InChI=1S/C38H54ClN5O11S/c1-11-21-19-38(21,33(47)43-56(49,50)55-37(9)15-16-37)42-31(45)24-17-22(20-44(24)32(46)30(35(3,4)5)41-34(48)54-36(6,7)8)53-26-18-27(52-12-2)40-29-23(26)13-14-25(51-10)28(29)39/h13-14,18,21-22,24,30H,11-12,15-17,19-20H2,1-10H3,(H,41,48)(H,42,45)(H,43,47)/t21-,22-,24+,30-,38-/m1/s1. The smallest absolute Gasteiger partial charge is 0.408 e. The first-order chi connectivity index (χ1) is 25.9. The quantitative estimate of drug-likeness (QED) is 0.236. The molecule has 3 fully saturated rings. The molecule has 4 amide bonds. The molecule has 3 N–H and O–H groups in total. The highest BCUT2D eigenvalue weighted by Crippen LogP contribution is 2.47. The van der Waals surface area contributed by atoms with E-state index >= 15 is 0 Å². The zero-order valence-electron chi connectivity index (χ0n) is 33.7. The molecule has 310 valence electrons. The van der Waals surface area contributed by atoms with Crippen molar-refractivity contribution in [2.45, 2.75) is 129 Å². The van der Waals surface area contributed by atoms with E-state index in [1.807, 2.05) is 11.6 Å². The van der Waals surface area contributed by atoms with Gasteiger partial charge in [0.1, 0.15) is 51.4 Å². The molecular weight excluding hydrogens is 770 g/mol. The maximum atomic E-state index is 14.6. The maximum Gasteiger partial charge on any atom is 0.408 e. The van der Waals surface area contributed by atoms with Gasteiger partial charge in [-0.1, -0.05) is 45.7 Å². The Labute approximate surface area is 333 Å². The highest BCUT2D eigenvalue weighted by molar-refractivity contribution is 7.85. The first-order valence-corrected chi connectivity index (χ1v) is 20.6. The minimum absolute atomic E-state index is 0.0349. The van der Waals surface area contributed by atoms with Crippen molar-refractivity contribution in [1.82, 2.24) is 25.2 Å². The molecule has 0 unspecified atom stereocenters. The number of pyridine rings is 1. The number of fused-ring (bicyclic) bond motifs is 1. The lowest BCUT2D eigenvalue weighted by Gasteiger charge is -2.36. The summed E-state index contributed by atoms with van der Waals surface area (Å²) in [5.74, 6) is -1.67. The van der Waals surface area contributed by atoms with Gasteiger partial charge in [-0.2, -0.15) is 8.42 Å². The van der Waals surface area contributed by atoms with Crippen molar-refractivity contribution in [3.05, 3.63) is 23.2 Å². The third kappa shape index (κ3) is 9.71. The number of alkyl carbamates (subject to hydrolysis) is 1. The predicted molar refractivity (Wildman–Crippen MR) is 207 cm³/mol. The van der Waals surface area contributed by atoms with Gasteiger partial charge in [0.05, 0.1) is 25.9 Å². The van der Waals surface area contributed by atoms with E-state index < -0.39 is 74.5 Å². The van der Waals surface area contributed by atoms with Crippen molar-refractivity contribution in [3.63, 3.8) is 0 Å². The number of rotatable bonds is 14. The Morgan fingerprint density at radius 2 is 1.75 bits per heavy atom. The minimum Gasteiger partial charge on any atom is -0.495 e. The van der Waals surface area contributed by atoms with Gasteiger partial charge in [0.15, 0.2) is 0 Å². The summed E-state index contributed by atoms with van der Waals surface area (Å²) in [5, 5.41) is 6.26. The van der Waals surface area contributed by atoms with Crippen LogP contribution in [-0.2, 0) is 33.6 Å². The molecule has 1 aromatic heterocycles. The summed E-state index contributed by atoms with van der Waals surface area (Å²) >= 11 is 6.65. The van der Waals surface area contributed by atoms with E-state index in [1.54, 1.807) is 73.6 Å². The molecule has 1 saturated heterocycles. The Kier molecular flexibility index (Phi) is 12.1. The molecule has 2 heterocycles. The Balaban J connectivity index is 1.48. The van der Waals surface area contributed by atoms with Crippen LogP contribution < -0.4 is 29.6 Å². The van der Waals surface area contributed by atoms with Crippen LogP contribution in [-0.4, -0.2) is 97.3 Å².